The number of hydrogen-bond donors (Lipinski definition) is 0. The van der Waals surface area contributed by atoms with Crippen LogP contribution in [0.4, 0.5) is 0 Å². The lowest BCUT2D eigenvalue weighted by molar-refractivity contribution is 0.304. The topological polar surface area (TPSA) is 25.1 Å². The van der Waals surface area contributed by atoms with Crippen molar-refractivity contribution in [2.45, 2.75) is 24.4 Å². The molecule has 4 rings (SSSR count). The van der Waals surface area contributed by atoms with Gasteiger partial charge in [-0.3, -0.25) is 0 Å². The van der Waals surface area contributed by atoms with Crippen LogP contribution >= 0.6 is 0 Å². The Morgan fingerprint density at radius 3 is 1.83 bits per heavy atom. The van der Waals surface area contributed by atoms with Crippen molar-refractivity contribution < 1.29 is 9.47 Å². The van der Waals surface area contributed by atoms with E-state index in [9.17, 15) is 0 Å². The van der Waals surface area contributed by atoms with Crippen LogP contribution in [0.25, 0.3) is 0 Å². The predicted octanol–water partition coefficient (Wildman–Crippen LogP) is 1.58. The largest absolute Gasteiger partial charge is 0.362 e. The molecule has 0 spiro atoms. The highest BCUT2D eigenvalue weighted by Gasteiger charge is 2.63. The van der Waals surface area contributed by atoms with Crippen molar-refractivity contribution in [3.8, 4) is 0 Å². The van der Waals surface area contributed by atoms with Crippen molar-refractivity contribution in [2.75, 3.05) is 0 Å². The first-order valence-electron chi connectivity index (χ1n) is 4.35. The Morgan fingerprint density at radius 1 is 0.833 bits per heavy atom. The van der Waals surface area contributed by atoms with E-state index >= 15 is 0 Å². The normalized spacial score (nSPS) is 45.7. The van der Waals surface area contributed by atoms with E-state index in [0.717, 1.165) is 0 Å². The third-order valence-corrected chi connectivity index (χ3v) is 2.98. The van der Waals surface area contributed by atoms with E-state index in [1.807, 2.05) is 0 Å². The van der Waals surface area contributed by atoms with Crippen LogP contribution in [0.5, 0.6) is 0 Å². The molecule has 0 radical (unpaired) electrons. The first-order valence-corrected chi connectivity index (χ1v) is 4.35. The smallest absolute Gasteiger partial charge is 0.118 e. The van der Waals surface area contributed by atoms with Crippen LogP contribution < -0.4 is 0 Å². The van der Waals surface area contributed by atoms with Crippen LogP contribution in [0.2, 0.25) is 0 Å². The van der Waals surface area contributed by atoms with Crippen LogP contribution in [0.1, 0.15) is 23.3 Å². The first kappa shape index (κ1) is 5.73. The van der Waals surface area contributed by atoms with Crippen LogP contribution in [0.3, 0.4) is 0 Å². The fourth-order valence-corrected chi connectivity index (χ4v) is 2.28. The Hall–Kier alpha value is -0.860. The minimum absolute atomic E-state index is 0.352. The van der Waals surface area contributed by atoms with Crippen LogP contribution in [-0.2, 0) is 9.47 Å². The van der Waals surface area contributed by atoms with E-state index in [-0.39, 0.29) is 0 Å². The predicted molar refractivity (Wildman–Crippen MR) is 41.7 cm³/mol. The average Bonchev–Trinajstić information content (AvgIpc) is 2.98. The number of rotatable bonds is 0. The summed E-state index contributed by atoms with van der Waals surface area (Å²) in [7, 11) is 0. The highest BCUT2D eigenvalue weighted by atomic mass is 16.7. The Morgan fingerprint density at radius 2 is 1.33 bits per heavy atom. The fourth-order valence-electron chi connectivity index (χ4n) is 2.28. The van der Waals surface area contributed by atoms with Gasteiger partial charge in [-0.2, -0.15) is 0 Å². The summed E-state index contributed by atoms with van der Waals surface area (Å²) >= 11 is 0. The van der Waals surface area contributed by atoms with E-state index in [1.54, 1.807) is 0 Å². The maximum Gasteiger partial charge on any atom is 0.118 e. The molecule has 2 fully saturated rings. The molecule has 1 aromatic rings. The minimum Gasteiger partial charge on any atom is -0.362 e. The molecule has 0 unspecified atom stereocenters. The molecule has 3 aliphatic rings. The standard InChI is InChI=1S/C10H8O2/c1-2-4-6-5(3-1)7-9(11-7)10-8(6)12-10/h1-4,7-10H/t7-,8-,9-,10-/m1/s1. The monoisotopic (exact) mass is 160 g/mol. The molecule has 60 valence electrons. The summed E-state index contributed by atoms with van der Waals surface area (Å²) in [5, 5.41) is 0. The molecule has 0 saturated carbocycles. The molecule has 1 aromatic carbocycles. The van der Waals surface area contributed by atoms with E-state index < -0.39 is 0 Å². The summed E-state index contributed by atoms with van der Waals surface area (Å²) in [6.07, 6.45) is 1.46. The van der Waals surface area contributed by atoms with Gasteiger partial charge in [0.05, 0.1) is 0 Å². The fraction of sp³-hybridized carbons (Fsp3) is 0.400. The van der Waals surface area contributed by atoms with Crippen LogP contribution in [-0.4, -0.2) is 12.2 Å². The third kappa shape index (κ3) is 0.520. The molecule has 1 aliphatic carbocycles. The van der Waals surface area contributed by atoms with Gasteiger partial charge in [-0.15, -0.1) is 0 Å². The molecule has 2 heterocycles. The van der Waals surface area contributed by atoms with Crippen molar-refractivity contribution in [3.05, 3.63) is 35.4 Å². The summed E-state index contributed by atoms with van der Waals surface area (Å²) < 4.78 is 11.1. The van der Waals surface area contributed by atoms with Gasteiger partial charge >= 0.3 is 0 Å². The molecule has 12 heavy (non-hydrogen) atoms. The maximum atomic E-state index is 5.53. The lowest BCUT2D eigenvalue weighted by Crippen LogP contribution is -2.07. The number of hydrogen-bond acceptors (Lipinski definition) is 2. The molecule has 0 aromatic heterocycles. The maximum absolute atomic E-state index is 5.53. The van der Waals surface area contributed by atoms with Gasteiger partial charge in [0.15, 0.2) is 0 Å². The lowest BCUT2D eigenvalue weighted by Gasteiger charge is -2.06. The van der Waals surface area contributed by atoms with Gasteiger partial charge in [-0.1, -0.05) is 24.3 Å². The molecule has 2 aliphatic heterocycles. The molecular weight excluding hydrogens is 152 g/mol. The van der Waals surface area contributed by atoms with Crippen molar-refractivity contribution in [3.63, 3.8) is 0 Å². The van der Waals surface area contributed by atoms with Gasteiger partial charge < -0.3 is 9.47 Å². The summed E-state index contributed by atoms with van der Waals surface area (Å²) in [6.45, 7) is 0. The second-order valence-corrected chi connectivity index (χ2v) is 3.67. The number of epoxide rings is 2. The zero-order chi connectivity index (χ0) is 7.71. The second-order valence-electron chi connectivity index (χ2n) is 3.67. The molecule has 2 nitrogen and oxygen atoms in total. The van der Waals surface area contributed by atoms with Crippen molar-refractivity contribution in [1.29, 1.82) is 0 Å². The van der Waals surface area contributed by atoms with E-state index in [1.165, 1.54) is 11.1 Å². The second kappa shape index (κ2) is 1.58. The molecule has 0 amide bonds. The summed E-state index contributed by atoms with van der Waals surface area (Å²) in [5.41, 5.74) is 2.70. The SMILES string of the molecule is c1ccc2c(c1)[C@H]1O[C@H]1[C@@H]1O[C@H]21. The Bertz CT molecular complexity index is 326. The van der Waals surface area contributed by atoms with Crippen molar-refractivity contribution >= 4 is 0 Å². The first-order chi connectivity index (χ1) is 5.95. The van der Waals surface area contributed by atoms with Crippen molar-refractivity contribution in [2.24, 2.45) is 0 Å². The Labute approximate surface area is 70.1 Å². The minimum atomic E-state index is 0.352. The van der Waals surface area contributed by atoms with Crippen molar-refractivity contribution in [1.82, 2.24) is 0 Å². The van der Waals surface area contributed by atoms with Gasteiger partial charge in [-0.05, 0) is 11.1 Å². The number of ether oxygens (including phenoxy) is 2. The lowest BCUT2D eigenvalue weighted by atomic mass is 9.92. The zero-order valence-electron chi connectivity index (χ0n) is 6.44. The summed E-state index contributed by atoms with van der Waals surface area (Å²) in [4.78, 5) is 0. The molecule has 2 heteroatoms. The summed E-state index contributed by atoms with van der Waals surface area (Å²) in [5.74, 6) is 0. The van der Waals surface area contributed by atoms with Crippen LogP contribution in [0.15, 0.2) is 24.3 Å². The van der Waals surface area contributed by atoms with Gasteiger partial charge in [0.25, 0.3) is 0 Å². The van der Waals surface area contributed by atoms with Gasteiger partial charge in [-0.25, -0.2) is 0 Å². The van der Waals surface area contributed by atoms with Gasteiger partial charge in [0.1, 0.15) is 24.4 Å². The zero-order valence-corrected chi connectivity index (χ0v) is 6.44. The van der Waals surface area contributed by atoms with E-state index in [4.69, 9.17) is 9.47 Å². The highest BCUT2D eigenvalue weighted by Crippen LogP contribution is 2.60. The number of benzene rings is 1. The van der Waals surface area contributed by atoms with Crippen LogP contribution in [0, 0.1) is 0 Å². The Balaban J connectivity index is 1.99. The molecular formula is C10H8O2. The summed E-state index contributed by atoms with van der Waals surface area (Å²) in [6, 6.07) is 8.44. The Kier molecular flexibility index (Phi) is 0.755. The highest BCUT2D eigenvalue weighted by molar-refractivity contribution is 5.42. The average molecular weight is 160 g/mol. The molecule has 4 atom stereocenters. The van der Waals surface area contributed by atoms with Gasteiger partial charge in [0, 0.05) is 0 Å². The number of fused-ring (bicyclic) bond motifs is 6. The quantitative estimate of drug-likeness (QED) is 0.538. The van der Waals surface area contributed by atoms with Gasteiger partial charge in [0.2, 0.25) is 0 Å². The molecule has 0 N–H and O–H groups in total. The molecule has 0 bridgehead atoms. The van der Waals surface area contributed by atoms with E-state index in [0.29, 0.717) is 24.4 Å². The molecule has 2 saturated heterocycles. The third-order valence-electron chi connectivity index (χ3n) is 2.98. The van der Waals surface area contributed by atoms with E-state index in [2.05, 4.69) is 24.3 Å².